The molecule has 3 aromatic carbocycles. The predicted octanol–water partition coefficient (Wildman–Crippen LogP) is 5.85. The first-order chi connectivity index (χ1) is 14.4. The van der Waals surface area contributed by atoms with Gasteiger partial charge in [-0.05, 0) is 54.8 Å². The number of hydrogen-bond donors (Lipinski definition) is 2. The number of aromatic carboxylic acids is 1. The molecule has 0 spiro atoms. The van der Waals surface area contributed by atoms with Crippen LogP contribution in [0, 0.1) is 13.8 Å². The summed E-state index contributed by atoms with van der Waals surface area (Å²) >= 11 is 6.47. The van der Waals surface area contributed by atoms with Gasteiger partial charge >= 0.3 is 5.97 Å². The fourth-order valence-corrected chi connectivity index (χ4v) is 3.40. The van der Waals surface area contributed by atoms with Gasteiger partial charge < -0.3 is 19.9 Å². The van der Waals surface area contributed by atoms with Crippen LogP contribution in [0.1, 0.15) is 32.6 Å². The summed E-state index contributed by atoms with van der Waals surface area (Å²) in [5, 5.41) is 13.0. The molecule has 0 aromatic heterocycles. The number of halogens is 1. The number of carbonyl (C=O) groups is 1. The Balaban J connectivity index is 1.74. The maximum absolute atomic E-state index is 11.3. The zero-order valence-corrected chi connectivity index (χ0v) is 17.9. The Hall–Kier alpha value is -3.18. The molecule has 6 heteroatoms. The monoisotopic (exact) mass is 425 g/mol. The average molecular weight is 426 g/mol. The summed E-state index contributed by atoms with van der Waals surface area (Å²) in [5.41, 5.74) is 4.83. The number of aryl methyl sites for hydroxylation is 1. The maximum atomic E-state index is 11.3. The van der Waals surface area contributed by atoms with E-state index in [-0.39, 0.29) is 5.56 Å². The van der Waals surface area contributed by atoms with Crippen molar-refractivity contribution in [1.29, 1.82) is 0 Å². The van der Waals surface area contributed by atoms with Crippen molar-refractivity contribution in [1.82, 2.24) is 0 Å². The van der Waals surface area contributed by atoms with E-state index in [2.05, 4.69) is 5.32 Å². The van der Waals surface area contributed by atoms with Gasteiger partial charge in [-0.2, -0.15) is 0 Å². The molecule has 0 saturated heterocycles. The summed E-state index contributed by atoms with van der Waals surface area (Å²) in [5.74, 6) is 0.0888. The standard InChI is InChI=1S/C24H24ClNO4/c1-15-7-9-17(10-8-15)14-30-23-20(25)11-18(12-22(23)29-3)13-26-21-6-4-5-19(16(21)2)24(27)28/h4-12,26H,13-14H2,1-3H3,(H,27,28). The number of hydrogen-bond acceptors (Lipinski definition) is 4. The number of carboxylic acids is 1. The first kappa shape index (κ1) is 21.5. The summed E-state index contributed by atoms with van der Waals surface area (Å²) in [4.78, 5) is 11.3. The SMILES string of the molecule is COc1cc(CNc2cccc(C(=O)O)c2C)cc(Cl)c1OCc1ccc(C)cc1. The summed E-state index contributed by atoms with van der Waals surface area (Å²) < 4.78 is 11.4. The van der Waals surface area contributed by atoms with Crippen molar-refractivity contribution < 1.29 is 19.4 Å². The average Bonchev–Trinajstić information content (AvgIpc) is 2.72. The fourth-order valence-electron chi connectivity index (χ4n) is 3.11. The molecule has 3 aromatic rings. The number of ether oxygens (including phenoxy) is 2. The molecule has 0 radical (unpaired) electrons. The summed E-state index contributed by atoms with van der Waals surface area (Å²) in [7, 11) is 1.57. The number of rotatable bonds is 8. The second-order valence-corrected chi connectivity index (χ2v) is 7.43. The molecule has 0 fully saturated rings. The molecular formula is C24H24ClNO4. The number of methoxy groups -OCH3 is 1. The summed E-state index contributed by atoms with van der Waals surface area (Å²) in [6, 6.07) is 16.9. The van der Waals surface area contributed by atoms with Gasteiger partial charge in [0.25, 0.3) is 0 Å². The molecule has 0 unspecified atom stereocenters. The van der Waals surface area contributed by atoms with Gasteiger partial charge in [-0.1, -0.05) is 47.5 Å². The Bertz CT molecular complexity index is 1050. The molecule has 0 atom stereocenters. The molecule has 0 saturated carbocycles. The molecule has 156 valence electrons. The van der Waals surface area contributed by atoms with E-state index in [1.165, 1.54) is 5.56 Å². The van der Waals surface area contributed by atoms with Crippen LogP contribution in [-0.2, 0) is 13.2 Å². The van der Waals surface area contributed by atoms with Gasteiger partial charge in [-0.25, -0.2) is 4.79 Å². The van der Waals surface area contributed by atoms with Crippen molar-refractivity contribution in [3.63, 3.8) is 0 Å². The Kier molecular flexibility index (Phi) is 6.85. The zero-order chi connectivity index (χ0) is 21.7. The first-order valence-corrected chi connectivity index (χ1v) is 9.88. The molecule has 0 heterocycles. The van der Waals surface area contributed by atoms with Gasteiger partial charge in [0.2, 0.25) is 0 Å². The van der Waals surface area contributed by atoms with Crippen molar-refractivity contribution in [3.05, 3.63) is 87.4 Å². The molecular weight excluding hydrogens is 402 g/mol. The molecule has 5 nitrogen and oxygen atoms in total. The Morgan fingerprint density at radius 1 is 1.07 bits per heavy atom. The molecule has 0 aliphatic heterocycles. The summed E-state index contributed by atoms with van der Waals surface area (Å²) in [6.45, 7) is 4.66. The van der Waals surface area contributed by atoms with Gasteiger partial charge in [0, 0.05) is 12.2 Å². The highest BCUT2D eigenvalue weighted by atomic mass is 35.5. The smallest absolute Gasteiger partial charge is 0.336 e. The van der Waals surface area contributed by atoms with Crippen LogP contribution in [0.4, 0.5) is 5.69 Å². The molecule has 2 N–H and O–H groups in total. The van der Waals surface area contributed by atoms with Gasteiger partial charge in [-0.3, -0.25) is 0 Å². The zero-order valence-electron chi connectivity index (χ0n) is 17.2. The Labute approximate surface area is 181 Å². The normalized spacial score (nSPS) is 10.5. The van der Waals surface area contributed by atoms with Crippen LogP contribution in [0.2, 0.25) is 5.02 Å². The fraction of sp³-hybridized carbons (Fsp3) is 0.208. The quantitative estimate of drug-likeness (QED) is 0.473. The first-order valence-electron chi connectivity index (χ1n) is 9.50. The minimum atomic E-state index is -0.948. The van der Waals surface area contributed by atoms with E-state index in [0.29, 0.717) is 35.2 Å². The number of nitrogens with one attached hydrogen (secondary N) is 1. The van der Waals surface area contributed by atoms with E-state index in [9.17, 15) is 9.90 Å². The topological polar surface area (TPSA) is 67.8 Å². The third-order valence-electron chi connectivity index (χ3n) is 4.84. The molecule has 3 rings (SSSR count). The molecule has 0 aliphatic carbocycles. The van der Waals surface area contributed by atoms with Gasteiger partial charge in [0.15, 0.2) is 11.5 Å². The Morgan fingerprint density at radius 2 is 1.80 bits per heavy atom. The summed E-state index contributed by atoms with van der Waals surface area (Å²) in [6.07, 6.45) is 0. The Morgan fingerprint density at radius 3 is 2.47 bits per heavy atom. The van der Waals surface area contributed by atoms with Crippen molar-refractivity contribution in [3.8, 4) is 11.5 Å². The highest BCUT2D eigenvalue weighted by Gasteiger charge is 2.14. The predicted molar refractivity (Wildman–Crippen MR) is 119 cm³/mol. The molecule has 0 amide bonds. The number of benzene rings is 3. The lowest BCUT2D eigenvalue weighted by Gasteiger charge is -2.16. The second-order valence-electron chi connectivity index (χ2n) is 7.02. The molecule has 0 aliphatic rings. The van der Waals surface area contributed by atoms with E-state index in [4.69, 9.17) is 21.1 Å². The minimum Gasteiger partial charge on any atom is -0.493 e. The largest absolute Gasteiger partial charge is 0.493 e. The van der Waals surface area contributed by atoms with Gasteiger partial charge in [0.1, 0.15) is 6.61 Å². The number of carboxylic acid groups (broad SMARTS) is 1. The van der Waals surface area contributed by atoms with Crippen LogP contribution in [0.15, 0.2) is 54.6 Å². The molecule has 0 bridgehead atoms. The number of anilines is 1. The van der Waals surface area contributed by atoms with Gasteiger partial charge in [-0.15, -0.1) is 0 Å². The van der Waals surface area contributed by atoms with Crippen molar-refractivity contribution in [2.45, 2.75) is 27.0 Å². The van der Waals surface area contributed by atoms with Crippen molar-refractivity contribution in [2.75, 3.05) is 12.4 Å². The van der Waals surface area contributed by atoms with E-state index >= 15 is 0 Å². The van der Waals surface area contributed by atoms with E-state index < -0.39 is 5.97 Å². The van der Waals surface area contributed by atoms with Crippen LogP contribution in [0.25, 0.3) is 0 Å². The third kappa shape index (κ3) is 5.05. The lowest BCUT2D eigenvalue weighted by atomic mass is 10.1. The van der Waals surface area contributed by atoms with E-state index in [1.54, 1.807) is 26.2 Å². The lowest BCUT2D eigenvalue weighted by molar-refractivity contribution is 0.0696. The van der Waals surface area contributed by atoms with Crippen LogP contribution < -0.4 is 14.8 Å². The van der Waals surface area contributed by atoms with Crippen LogP contribution in [0.3, 0.4) is 0 Å². The third-order valence-corrected chi connectivity index (χ3v) is 5.12. The van der Waals surface area contributed by atoms with Crippen LogP contribution in [0.5, 0.6) is 11.5 Å². The molecule has 30 heavy (non-hydrogen) atoms. The van der Waals surface area contributed by atoms with Gasteiger partial charge in [0.05, 0.1) is 17.7 Å². The van der Waals surface area contributed by atoms with Crippen molar-refractivity contribution in [2.24, 2.45) is 0 Å². The van der Waals surface area contributed by atoms with Crippen LogP contribution >= 0.6 is 11.6 Å². The lowest BCUT2D eigenvalue weighted by Crippen LogP contribution is -2.06. The highest BCUT2D eigenvalue weighted by molar-refractivity contribution is 6.32. The van der Waals surface area contributed by atoms with Crippen LogP contribution in [-0.4, -0.2) is 18.2 Å². The second kappa shape index (κ2) is 9.55. The van der Waals surface area contributed by atoms with Crippen molar-refractivity contribution >= 4 is 23.3 Å². The maximum Gasteiger partial charge on any atom is 0.336 e. The van der Waals surface area contributed by atoms with E-state index in [0.717, 1.165) is 16.8 Å². The minimum absolute atomic E-state index is 0.274. The highest BCUT2D eigenvalue weighted by Crippen LogP contribution is 2.37. The van der Waals surface area contributed by atoms with E-state index in [1.807, 2.05) is 49.4 Å².